The number of aromatic nitrogens is 3. The lowest BCUT2D eigenvalue weighted by Crippen LogP contribution is -2.39. The molecule has 138 valence electrons. The maximum absolute atomic E-state index is 6.19. The summed E-state index contributed by atoms with van der Waals surface area (Å²) in [7, 11) is 3.90. The van der Waals surface area contributed by atoms with Gasteiger partial charge < -0.3 is 10.2 Å². The molecule has 0 saturated carbocycles. The Balaban J connectivity index is 0.00000312. The molecule has 1 aromatic heterocycles. The summed E-state index contributed by atoms with van der Waals surface area (Å²) in [4.78, 5) is 11.0. The summed E-state index contributed by atoms with van der Waals surface area (Å²) in [6, 6.07) is 7.97. The van der Waals surface area contributed by atoms with Crippen molar-refractivity contribution in [2.75, 3.05) is 20.1 Å². The van der Waals surface area contributed by atoms with E-state index in [1.54, 1.807) is 11.0 Å². The standard InChI is InChI=1S/C17H25ClN6.HI/c1-4-19-17(23(2)12-16-21-13-22-24(16)3)20-11-7-9-14-8-5-6-10-15(14)18;/h5-6,8,10,13H,4,7,9,11-12H2,1-3H3,(H,19,20);1H. The molecule has 0 atom stereocenters. The van der Waals surface area contributed by atoms with Crippen LogP contribution in [0.5, 0.6) is 0 Å². The third-order valence-electron chi connectivity index (χ3n) is 3.70. The minimum Gasteiger partial charge on any atom is -0.357 e. The first-order valence-corrected chi connectivity index (χ1v) is 8.55. The lowest BCUT2D eigenvalue weighted by molar-refractivity contribution is 0.448. The third kappa shape index (κ3) is 6.81. The molecule has 0 fully saturated rings. The van der Waals surface area contributed by atoms with Gasteiger partial charge >= 0.3 is 0 Å². The van der Waals surface area contributed by atoms with Gasteiger partial charge in [-0.15, -0.1) is 24.0 Å². The van der Waals surface area contributed by atoms with Crippen LogP contribution in [-0.4, -0.2) is 45.8 Å². The average Bonchev–Trinajstić information content (AvgIpc) is 2.97. The molecule has 0 spiro atoms. The molecule has 1 aromatic carbocycles. The first-order valence-electron chi connectivity index (χ1n) is 8.17. The maximum atomic E-state index is 6.19. The third-order valence-corrected chi connectivity index (χ3v) is 4.07. The van der Waals surface area contributed by atoms with Crippen molar-refractivity contribution in [2.45, 2.75) is 26.3 Å². The van der Waals surface area contributed by atoms with E-state index in [4.69, 9.17) is 16.6 Å². The molecule has 25 heavy (non-hydrogen) atoms. The normalized spacial score (nSPS) is 11.1. The molecule has 2 rings (SSSR count). The van der Waals surface area contributed by atoms with Gasteiger partial charge in [-0.2, -0.15) is 5.10 Å². The summed E-state index contributed by atoms with van der Waals surface area (Å²) < 4.78 is 1.78. The minimum atomic E-state index is 0. The van der Waals surface area contributed by atoms with E-state index in [-0.39, 0.29) is 24.0 Å². The van der Waals surface area contributed by atoms with E-state index in [9.17, 15) is 0 Å². The highest BCUT2D eigenvalue weighted by molar-refractivity contribution is 14.0. The molecule has 0 aliphatic heterocycles. The van der Waals surface area contributed by atoms with Gasteiger partial charge in [0.25, 0.3) is 0 Å². The number of guanidine groups is 1. The molecule has 0 bridgehead atoms. The van der Waals surface area contributed by atoms with Gasteiger partial charge in [0.15, 0.2) is 5.96 Å². The molecular formula is C17H26ClIN6. The van der Waals surface area contributed by atoms with E-state index in [0.29, 0.717) is 6.54 Å². The summed E-state index contributed by atoms with van der Waals surface area (Å²) >= 11 is 6.19. The van der Waals surface area contributed by atoms with E-state index in [1.807, 2.05) is 32.3 Å². The Bertz CT molecular complexity index is 673. The molecule has 0 aliphatic carbocycles. The van der Waals surface area contributed by atoms with Gasteiger partial charge in [0.2, 0.25) is 0 Å². The SMILES string of the molecule is CCNC(=NCCCc1ccccc1Cl)N(C)Cc1ncnn1C.I. The fraction of sp³-hybridized carbons (Fsp3) is 0.471. The van der Waals surface area contributed by atoms with Gasteiger partial charge in [0, 0.05) is 32.2 Å². The van der Waals surface area contributed by atoms with Gasteiger partial charge in [0.05, 0.1) is 6.54 Å². The number of rotatable bonds is 7. The zero-order valence-corrected chi connectivity index (χ0v) is 18.0. The predicted molar refractivity (Wildman–Crippen MR) is 114 cm³/mol. The molecule has 0 radical (unpaired) electrons. The number of nitrogens with zero attached hydrogens (tertiary/aromatic N) is 5. The molecular weight excluding hydrogens is 451 g/mol. The fourth-order valence-corrected chi connectivity index (χ4v) is 2.61. The maximum Gasteiger partial charge on any atom is 0.194 e. The molecule has 0 aliphatic rings. The van der Waals surface area contributed by atoms with Crippen LogP contribution in [-0.2, 0) is 20.0 Å². The van der Waals surface area contributed by atoms with E-state index in [1.165, 1.54) is 5.56 Å². The number of hydrogen-bond acceptors (Lipinski definition) is 3. The highest BCUT2D eigenvalue weighted by Crippen LogP contribution is 2.16. The number of hydrogen-bond donors (Lipinski definition) is 1. The van der Waals surface area contributed by atoms with Gasteiger partial charge in [-0.25, -0.2) is 4.98 Å². The largest absolute Gasteiger partial charge is 0.357 e. The van der Waals surface area contributed by atoms with Crippen molar-refractivity contribution in [2.24, 2.45) is 12.0 Å². The van der Waals surface area contributed by atoms with Crippen LogP contribution in [0.15, 0.2) is 35.6 Å². The Kier molecular flexibility index (Phi) is 9.81. The number of benzene rings is 1. The average molecular weight is 477 g/mol. The van der Waals surface area contributed by atoms with Crippen LogP contribution in [0.3, 0.4) is 0 Å². The van der Waals surface area contributed by atoms with Gasteiger partial charge in [-0.1, -0.05) is 29.8 Å². The van der Waals surface area contributed by atoms with Crippen LogP contribution in [0.2, 0.25) is 5.02 Å². The van der Waals surface area contributed by atoms with Crippen molar-refractivity contribution in [3.8, 4) is 0 Å². The van der Waals surface area contributed by atoms with Crippen molar-refractivity contribution < 1.29 is 0 Å². The number of nitrogens with one attached hydrogen (secondary N) is 1. The van der Waals surface area contributed by atoms with Gasteiger partial charge in [-0.3, -0.25) is 9.67 Å². The number of aliphatic imine (C=N–C) groups is 1. The Morgan fingerprint density at radius 3 is 2.76 bits per heavy atom. The quantitative estimate of drug-likeness (QED) is 0.289. The highest BCUT2D eigenvalue weighted by Gasteiger charge is 2.09. The van der Waals surface area contributed by atoms with Crippen LogP contribution < -0.4 is 5.32 Å². The first-order chi connectivity index (χ1) is 11.6. The van der Waals surface area contributed by atoms with E-state index in [0.717, 1.165) is 42.7 Å². The lowest BCUT2D eigenvalue weighted by atomic mass is 10.1. The Morgan fingerprint density at radius 2 is 2.12 bits per heavy atom. The van der Waals surface area contributed by atoms with Crippen LogP contribution in [0, 0.1) is 0 Å². The zero-order chi connectivity index (χ0) is 17.4. The topological polar surface area (TPSA) is 58.3 Å². The Hall–Kier alpha value is -1.35. The monoisotopic (exact) mass is 476 g/mol. The summed E-state index contributed by atoms with van der Waals surface area (Å²) in [6.07, 6.45) is 3.45. The molecule has 0 unspecified atom stereocenters. The summed E-state index contributed by atoms with van der Waals surface area (Å²) in [5.74, 6) is 1.78. The zero-order valence-electron chi connectivity index (χ0n) is 14.9. The van der Waals surface area contributed by atoms with Gasteiger partial charge in [-0.05, 0) is 31.4 Å². The summed E-state index contributed by atoms with van der Waals surface area (Å²) in [6.45, 7) is 4.30. The van der Waals surface area contributed by atoms with Crippen molar-refractivity contribution in [3.05, 3.63) is 47.0 Å². The van der Waals surface area contributed by atoms with Crippen molar-refractivity contribution in [1.82, 2.24) is 25.0 Å². The van der Waals surface area contributed by atoms with Crippen molar-refractivity contribution in [1.29, 1.82) is 0 Å². The number of halogens is 2. The van der Waals surface area contributed by atoms with E-state index < -0.39 is 0 Å². The molecule has 1 N–H and O–H groups in total. The molecule has 6 nitrogen and oxygen atoms in total. The minimum absolute atomic E-state index is 0. The van der Waals surface area contributed by atoms with Crippen molar-refractivity contribution >= 4 is 41.5 Å². The molecule has 0 amide bonds. The lowest BCUT2D eigenvalue weighted by Gasteiger charge is -2.21. The molecule has 8 heteroatoms. The van der Waals surface area contributed by atoms with Crippen LogP contribution in [0.25, 0.3) is 0 Å². The summed E-state index contributed by atoms with van der Waals surface area (Å²) in [5, 5.41) is 8.24. The van der Waals surface area contributed by atoms with Gasteiger partial charge in [0.1, 0.15) is 12.2 Å². The first kappa shape index (κ1) is 21.7. The van der Waals surface area contributed by atoms with E-state index >= 15 is 0 Å². The van der Waals surface area contributed by atoms with Crippen LogP contribution in [0.4, 0.5) is 0 Å². The second kappa shape index (κ2) is 11.3. The highest BCUT2D eigenvalue weighted by atomic mass is 127. The Morgan fingerprint density at radius 1 is 1.36 bits per heavy atom. The number of aryl methyl sites for hydroxylation is 2. The summed E-state index contributed by atoms with van der Waals surface area (Å²) in [5.41, 5.74) is 1.17. The van der Waals surface area contributed by atoms with Crippen LogP contribution in [0.1, 0.15) is 24.7 Å². The second-order valence-electron chi connectivity index (χ2n) is 5.59. The molecule has 1 heterocycles. The molecule has 0 saturated heterocycles. The smallest absolute Gasteiger partial charge is 0.194 e. The van der Waals surface area contributed by atoms with Crippen LogP contribution >= 0.6 is 35.6 Å². The Labute approximate surface area is 171 Å². The van der Waals surface area contributed by atoms with Crippen molar-refractivity contribution in [3.63, 3.8) is 0 Å². The molecule has 2 aromatic rings. The van der Waals surface area contributed by atoms with E-state index in [2.05, 4.69) is 33.3 Å². The fourth-order valence-electron chi connectivity index (χ4n) is 2.38. The predicted octanol–water partition coefficient (Wildman–Crippen LogP) is 3.12. The second-order valence-corrected chi connectivity index (χ2v) is 5.99.